The first-order chi connectivity index (χ1) is 9.36. The van der Waals surface area contributed by atoms with E-state index in [0.29, 0.717) is 18.4 Å². The smallest absolute Gasteiger partial charge is 0.326 e. The molecule has 1 aromatic carbocycles. The van der Waals surface area contributed by atoms with Crippen LogP contribution in [0.25, 0.3) is 0 Å². The van der Waals surface area contributed by atoms with E-state index in [2.05, 4.69) is 5.32 Å². The average molecular weight is 280 g/mol. The Kier molecular flexibility index (Phi) is 5.19. The van der Waals surface area contributed by atoms with E-state index in [0.717, 1.165) is 0 Å². The van der Waals surface area contributed by atoms with Crippen molar-refractivity contribution in [3.63, 3.8) is 0 Å². The first-order valence-corrected chi connectivity index (χ1v) is 6.15. The van der Waals surface area contributed by atoms with Gasteiger partial charge in [0, 0.05) is 17.2 Å². The summed E-state index contributed by atoms with van der Waals surface area (Å²) in [5, 5.41) is 22.1. The van der Waals surface area contributed by atoms with Crippen molar-refractivity contribution in [1.82, 2.24) is 5.32 Å². The molecule has 0 aliphatic rings. The number of carbonyl (C=O) groups excluding carboxylic acids is 1. The molecule has 0 heterocycles. The Morgan fingerprint density at radius 2 is 2.10 bits per heavy atom. The maximum absolute atomic E-state index is 11.9. The second kappa shape index (κ2) is 6.65. The van der Waals surface area contributed by atoms with Gasteiger partial charge in [-0.3, -0.25) is 14.9 Å². The SMILES string of the molecule is CCCC(NC(=O)c1ccc([N+](=O)[O-])c(C)c1)C(=O)O. The fourth-order valence-electron chi connectivity index (χ4n) is 1.79. The topological polar surface area (TPSA) is 110 Å². The number of aryl methyl sites for hydroxylation is 1. The van der Waals surface area contributed by atoms with Crippen molar-refractivity contribution in [2.45, 2.75) is 32.7 Å². The van der Waals surface area contributed by atoms with Crippen LogP contribution in [0.4, 0.5) is 5.69 Å². The minimum atomic E-state index is -1.10. The number of carboxylic acids is 1. The highest BCUT2D eigenvalue weighted by atomic mass is 16.6. The van der Waals surface area contributed by atoms with Crippen molar-refractivity contribution in [2.75, 3.05) is 0 Å². The first-order valence-electron chi connectivity index (χ1n) is 6.15. The van der Waals surface area contributed by atoms with Gasteiger partial charge in [-0.15, -0.1) is 0 Å². The van der Waals surface area contributed by atoms with E-state index in [1.54, 1.807) is 0 Å². The van der Waals surface area contributed by atoms with Gasteiger partial charge in [0.05, 0.1) is 4.92 Å². The van der Waals surface area contributed by atoms with E-state index in [1.807, 2.05) is 6.92 Å². The van der Waals surface area contributed by atoms with E-state index in [4.69, 9.17) is 5.11 Å². The van der Waals surface area contributed by atoms with Gasteiger partial charge < -0.3 is 10.4 Å². The summed E-state index contributed by atoms with van der Waals surface area (Å²) >= 11 is 0. The van der Waals surface area contributed by atoms with Crippen molar-refractivity contribution < 1.29 is 19.6 Å². The monoisotopic (exact) mass is 280 g/mol. The van der Waals surface area contributed by atoms with Crippen LogP contribution in [0, 0.1) is 17.0 Å². The van der Waals surface area contributed by atoms with Crippen LogP contribution in [0.5, 0.6) is 0 Å². The predicted molar refractivity (Wildman–Crippen MR) is 71.6 cm³/mol. The van der Waals surface area contributed by atoms with Gasteiger partial charge in [0.1, 0.15) is 6.04 Å². The zero-order chi connectivity index (χ0) is 15.3. The van der Waals surface area contributed by atoms with Crippen LogP contribution in [0.15, 0.2) is 18.2 Å². The van der Waals surface area contributed by atoms with Crippen LogP contribution in [0.2, 0.25) is 0 Å². The zero-order valence-corrected chi connectivity index (χ0v) is 11.3. The fourth-order valence-corrected chi connectivity index (χ4v) is 1.79. The number of rotatable bonds is 6. The van der Waals surface area contributed by atoms with Crippen LogP contribution < -0.4 is 5.32 Å². The molecule has 0 aromatic heterocycles. The number of nitrogens with one attached hydrogen (secondary N) is 1. The van der Waals surface area contributed by atoms with Crippen molar-refractivity contribution >= 4 is 17.6 Å². The summed E-state index contributed by atoms with van der Waals surface area (Å²) in [6, 6.07) is 2.96. The Balaban J connectivity index is 2.90. The largest absolute Gasteiger partial charge is 0.480 e. The van der Waals surface area contributed by atoms with Crippen molar-refractivity contribution in [1.29, 1.82) is 0 Å². The standard InChI is InChI=1S/C13H16N2O5/c1-3-4-10(13(17)18)14-12(16)9-5-6-11(15(19)20)8(2)7-9/h5-7,10H,3-4H2,1-2H3,(H,14,16)(H,17,18). The first kappa shape index (κ1) is 15.6. The lowest BCUT2D eigenvalue weighted by molar-refractivity contribution is -0.385. The Morgan fingerprint density at radius 1 is 1.45 bits per heavy atom. The van der Waals surface area contributed by atoms with Gasteiger partial charge in [0.2, 0.25) is 0 Å². The van der Waals surface area contributed by atoms with E-state index >= 15 is 0 Å². The minimum Gasteiger partial charge on any atom is -0.480 e. The lowest BCUT2D eigenvalue weighted by Crippen LogP contribution is -2.40. The number of nitrogens with zero attached hydrogens (tertiary/aromatic N) is 1. The van der Waals surface area contributed by atoms with Crippen LogP contribution >= 0.6 is 0 Å². The molecule has 1 atom stereocenters. The van der Waals surface area contributed by atoms with Crippen LogP contribution in [-0.2, 0) is 4.79 Å². The molecule has 1 unspecified atom stereocenters. The Morgan fingerprint density at radius 3 is 2.55 bits per heavy atom. The molecule has 1 amide bonds. The molecule has 0 spiro atoms. The van der Waals surface area contributed by atoms with Gasteiger partial charge in [0.25, 0.3) is 11.6 Å². The third-order valence-electron chi connectivity index (χ3n) is 2.84. The molecule has 0 saturated heterocycles. The Labute approximate surface area is 115 Å². The number of hydrogen-bond acceptors (Lipinski definition) is 4. The summed E-state index contributed by atoms with van der Waals surface area (Å²) in [7, 11) is 0. The molecule has 7 nitrogen and oxygen atoms in total. The Bertz CT molecular complexity index is 542. The highest BCUT2D eigenvalue weighted by Crippen LogP contribution is 2.18. The van der Waals surface area contributed by atoms with E-state index < -0.39 is 22.8 Å². The highest BCUT2D eigenvalue weighted by molar-refractivity contribution is 5.97. The van der Waals surface area contributed by atoms with Crippen LogP contribution in [-0.4, -0.2) is 27.9 Å². The molecule has 0 radical (unpaired) electrons. The number of amides is 1. The number of nitro groups is 1. The van der Waals surface area contributed by atoms with Gasteiger partial charge in [-0.05, 0) is 25.5 Å². The van der Waals surface area contributed by atoms with Gasteiger partial charge in [0.15, 0.2) is 0 Å². The number of benzene rings is 1. The lowest BCUT2D eigenvalue weighted by Gasteiger charge is -2.13. The molecule has 0 aliphatic heterocycles. The van der Waals surface area contributed by atoms with Crippen LogP contribution in [0.3, 0.4) is 0 Å². The normalized spacial score (nSPS) is 11.7. The number of carboxylic acid groups (broad SMARTS) is 1. The summed E-state index contributed by atoms with van der Waals surface area (Å²) in [4.78, 5) is 33.0. The lowest BCUT2D eigenvalue weighted by atomic mass is 10.1. The maximum atomic E-state index is 11.9. The molecular formula is C13H16N2O5. The summed E-state index contributed by atoms with van der Waals surface area (Å²) in [6.07, 6.45) is 0.948. The quantitative estimate of drug-likeness (QED) is 0.610. The van der Waals surface area contributed by atoms with Gasteiger partial charge in [-0.25, -0.2) is 4.79 Å². The molecule has 0 fully saturated rings. The van der Waals surface area contributed by atoms with E-state index in [-0.39, 0.29) is 11.3 Å². The van der Waals surface area contributed by atoms with E-state index in [9.17, 15) is 19.7 Å². The van der Waals surface area contributed by atoms with Gasteiger partial charge in [-0.2, -0.15) is 0 Å². The molecule has 1 rings (SSSR count). The minimum absolute atomic E-state index is 0.0788. The highest BCUT2D eigenvalue weighted by Gasteiger charge is 2.20. The molecule has 7 heteroatoms. The molecule has 0 saturated carbocycles. The summed E-state index contributed by atoms with van der Waals surface area (Å²) in [6.45, 7) is 3.34. The number of nitro benzene ring substituents is 1. The zero-order valence-electron chi connectivity index (χ0n) is 11.3. The molecule has 0 aliphatic carbocycles. The summed E-state index contributed by atoms with van der Waals surface area (Å²) < 4.78 is 0. The molecular weight excluding hydrogens is 264 g/mol. The molecule has 20 heavy (non-hydrogen) atoms. The van der Waals surface area contributed by atoms with Crippen LogP contribution in [0.1, 0.15) is 35.7 Å². The third-order valence-corrected chi connectivity index (χ3v) is 2.84. The summed E-state index contributed by atoms with van der Waals surface area (Å²) in [5.41, 5.74) is 0.477. The molecule has 1 aromatic rings. The van der Waals surface area contributed by atoms with E-state index in [1.165, 1.54) is 25.1 Å². The second-order valence-corrected chi connectivity index (χ2v) is 4.41. The second-order valence-electron chi connectivity index (χ2n) is 4.41. The number of hydrogen-bond donors (Lipinski definition) is 2. The summed E-state index contributed by atoms with van der Waals surface area (Å²) in [5.74, 6) is -1.65. The average Bonchev–Trinajstić information content (AvgIpc) is 2.37. The Hall–Kier alpha value is -2.44. The number of aliphatic carboxylic acids is 1. The fraction of sp³-hybridized carbons (Fsp3) is 0.385. The van der Waals surface area contributed by atoms with Gasteiger partial charge in [-0.1, -0.05) is 13.3 Å². The maximum Gasteiger partial charge on any atom is 0.326 e. The molecule has 2 N–H and O–H groups in total. The van der Waals surface area contributed by atoms with Crippen molar-refractivity contribution in [3.8, 4) is 0 Å². The number of carbonyl (C=O) groups is 2. The predicted octanol–water partition coefficient (Wildman–Crippen LogP) is 1.89. The van der Waals surface area contributed by atoms with Crippen molar-refractivity contribution in [3.05, 3.63) is 39.4 Å². The third kappa shape index (κ3) is 3.78. The molecule has 108 valence electrons. The van der Waals surface area contributed by atoms with Gasteiger partial charge >= 0.3 is 5.97 Å². The molecule has 0 bridgehead atoms. The van der Waals surface area contributed by atoms with Crippen molar-refractivity contribution in [2.24, 2.45) is 0 Å².